The molecule has 12 heteroatoms. The fourth-order valence-corrected chi connectivity index (χ4v) is 7.26. The van der Waals surface area contributed by atoms with Gasteiger partial charge in [-0.15, -0.1) is 0 Å². The fourth-order valence-electron chi connectivity index (χ4n) is 7.26. The van der Waals surface area contributed by atoms with Gasteiger partial charge in [-0.25, -0.2) is 4.98 Å². The van der Waals surface area contributed by atoms with Crippen molar-refractivity contribution < 1.29 is 28.6 Å². The molecule has 4 rings (SSSR count). The Morgan fingerprint density at radius 2 is 1.37 bits per heavy atom. The molecule has 0 fully saturated rings. The molecule has 0 aliphatic carbocycles. The van der Waals surface area contributed by atoms with Crippen molar-refractivity contribution in [2.75, 3.05) is 25.5 Å². The van der Waals surface area contributed by atoms with E-state index in [1.807, 2.05) is 66.9 Å². The number of Topliss-reactive ketones (excluding diaryl/α,β-unsaturated/α-hetero) is 1. The Hall–Kier alpha value is -4.84. The number of ether oxygens (including phenoxy) is 3. The summed E-state index contributed by atoms with van der Waals surface area (Å²) < 4.78 is 19.5. The summed E-state index contributed by atoms with van der Waals surface area (Å²) in [5.74, 6) is -0.815. The molecular weight excluding hydrogens is 757 g/mol. The van der Waals surface area contributed by atoms with Gasteiger partial charge in [0.15, 0.2) is 16.9 Å². The molecule has 0 saturated carbocycles. The molecule has 0 saturated heterocycles. The molecular formula is C48H70N6O6. The van der Waals surface area contributed by atoms with E-state index in [9.17, 15) is 14.4 Å². The molecule has 2 heterocycles. The summed E-state index contributed by atoms with van der Waals surface area (Å²) in [4.78, 5) is 52.3. The highest BCUT2D eigenvalue weighted by Gasteiger charge is 2.25. The maximum absolute atomic E-state index is 13.3. The van der Waals surface area contributed by atoms with Crippen molar-refractivity contribution in [2.24, 2.45) is 11.8 Å². The number of rotatable bonds is 32. The second-order valence-corrected chi connectivity index (χ2v) is 16.3. The minimum Gasteiger partial charge on any atom is -0.471 e. The first-order valence-electron chi connectivity index (χ1n) is 22.5. The largest absolute Gasteiger partial charge is 0.471 e. The molecule has 328 valence electrons. The number of esters is 2. The number of carbonyl (C=O) groups excluding carboxylic acids is 3. The maximum Gasteiger partial charge on any atom is 0.323 e. The Labute approximate surface area is 357 Å². The number of nitrogens with one attached hydrogen (secondary N) is 1. The molecule has 4 aromatic rings. The number of nitrogen functional groups attached to an aromatic ring is 1. The number of nitrogens with two attached hydrogens (primary N) is 1. The number of fused-ring (bicyclic) bond motifs is 1. The second kappa shape index (κ2) is 27.8. The van der Waals surface area contributed by atoms with Gasteiger partial charge < -0.3 is 24.5 Å². The maximum atomic E-state index is 13.3. The van der Waals surface area contributed by atoms with E-state index in [-0.39, 0.29) is 61.8 Å². The Bertz CT molecular complexity index is 1820. The Morgan fingerprint density at radius 1 is 0.767 bits per heavy atom. The van der Waals surface area contributed by atoms with E-state index in [4.69, 9.17) is 19.9 Å². The van der Waals surface area contributed by atoms with Crippen LogP contribution < -0.4 is 15.8 Å². The molecule has 0 bridgehead atoms. The lowest BCUT2D eigenvalue weighted by atomic mass is 10.0. The molecule has 2 aromatic heterocycles. The third-order valence-corrected chi connectivity index (χ3v) is 10.9. The van der Waals surface area contributed by atoms with Crippen LogP contribution in [0.15, 0.2) is 67.0 Å². The molecule has 2 atom stereocenters. The number of anilines is 1. The smallest absolute Gasteiger partial charge is 0.323 e. The van der Waals surface area contributed by atoms with Crippen LogP contribution in [0.2, 0.25) is 0 Å². The van der Waals surface area contributed by atoms with Crippen molar-refractivity contribution in [2.45, 2.75) is 149 Å². The third kappa shape index (κ3) is 17.8. The molecule has 0 amide bonds. The predicted octanol–water partition coefficient (Wildman–Crippen LogP) is 9.84. The van der Waals surface area contributed by atoms with Gasteiger partial charge in [0.25, 0.3) is 0 Å². The average Bonchev–Trinajstić information content (AvgIpc) is 3.65. The van der Waals surface area contributed by atoms with Crippen molar-refractivity contribution in [1.82, 2.24) is 24.8 Å². The predicted molar refractivity (Wildman–Crippen MR) is 237 cm³/mol. The molecule has 60 heavy (non-hydrogen) atoms. The summed E-state index contributed by atoms with van der Waals surface area (Å²) in [6.07, 6.45) is 21.3. The van der Waals surface area contributed by atoms with E-state index in [0.717, 1.165) is 24.8 Å². The van der Waals surface area contributed by atoms with E-state index < -0.39 is 12.0 Å². The van der Waals surface area contributed by atoms with E-state index in [2.05, 4.69) is 27.2 Å². The quantitative estimate of drug-likeness (QED) is 0.0274. The number of ketones is 1. The van der Waals surface area contributed by atoms with Crippen LogP contribution in [0.5, 0.6) is 5.88 Å². The minimum atomic E-state index is -0.671. The highest BCUT2D eigenvalue weighted by atomic mass is 16.5. The summed E-state index contributed by atoms with van der Waals surface area (Å²) in [5, 5.41) is 3.09. The number of hydrogen-bond acceptors (Lipinski definition) is 11. The lowest BCUT2D eigenvalue weighted by Gasteiger charge is -2.22. The number of hydrogen-bond donors (Lipinski definition) is 2. The first kappa shape index (κ1) is 47.8. The molecule has 2 aromatic carbocycles. The molecule has 0 spiro atoms. The van der Waals surface area contributed by atoms with Crippen molar-refractivity contribution in [1.29, 1.82) is 0 Å². The van der Waals surface area contributed by atoms with Crippen LogP contribution in [0, 0.1) is 11.8 Å². The van der Waals surface area contributed by atoms with Gasteiger partial charge in [-0.1, -0.05) is 171 Å². The molecule has 0 aliphatic rings. The minimum absolute atomic E-state index is 0.00956. The SMILES string of the molecule is CCCCCCCCCCCCCCCCCC(=O)OC[C@H](CCOC(=O)[C@H](NCC(=O)c1ccccc1)C(C)C)Cn1cnc2c(OCc3ccccc3)nc(N)nc21. The van der Waals surface area contributed by atoms with Gasteiger partial charge in [0.1, 0.15) is 12.6 Å². The summed E-state index contributed by atoms with van der Waals surface area (Å²) in [6, 6.07) is 18.0. The van der Waals surface area contributed by atoms with Gasteiger partial charge in [0.05, 0.1) is 26.1 Å². The number of aromatic nitrogens is 4. The molecule has 3 N–H and O–H groups in total. The van der Waals surface area contributed by atoms with Crippen molar-refractivity contribution in [3.05, 3.63) is 78.1 Å². The van der Waals surface area contributed by atoms with Crippen molar-refractivity contribution >= 4 is 34.8 Å². The van der Waals surface area contributed by atoms with Gasteiger partial charge in [0, 0.05) is 24.4 Å². The summed E-state index contributed by atoms with van der Waals surface area (Å²) >= 11 is 0. The van der Waals surface area contributed by atoms with E-state index >= 15 is 0 Å². The molecule has 0 radical (unpaired) electrons. The van der Waals surface area contributed by atoms with Gasteiger partial charge in [-0.3, -0.25) is 19.7 Å². The zero-order chi connectivity index (χ0) is 42.8. The Morgan fingerprint density at radius 3 is 1.98 bits per heavy atom. The summed E-state index contributed by atoms with van der Waals surface area (Å²) in [6.45, 7) is 6.96. The van der Waals surface area contributed by atoms with Gasteiger partial charge >= 0.3 is 11.9 Å². The van der Waals surface area contributed by atoms with Gasteiger partial charge in [-0.2, -0.15) is 9.97 Å². The number of nitrogens with zero attached hydrogens (tertiary/aromatic N) is 4. The third-order valence-electron chi connectivity index (χ3n) is 10.9. The van der Waals surface area contributed by atoms with Crippen LogP contribution in [0.25, 0.3) is 11.2 Å². The summed E-state index contributed by atoms with van der Waals surface area (Å²) in [7, 11) is 0. The van der Waals surface area contributed by atoms with Crippen LogP contribution in [0.4, 0.5) is 5.95 Å². The Balaban J connectivity index is 1.27. The van der Waals surface area contributed by atoms with E-state index in [1.54, 1.807) is 18.5 Å². The highest BCUT2D eigenvalue weighted by molar-refractivity contribution is 5.97. The van der Waals surface area contributed by atoms with Crippen LogP contribution >= 0.6 is 0 Å². The number of unbranched alkanes of at least 4 members (excludes halogenated alkanes) is 14. The highest BCUT2D eigenvalue weighted by Crippen LogP contribution is 2.25. The van der Waals surface area contributed by atoms with Crippen LogP contribution in [-0.4, -0.2) is 63.0 Å². The number of carbonyl (C=O) groups is 3. The van der Waals surface area contributed by atoms with Crippen LogP contribution in [0.1, 0.15) is 146 Å². The van der Waals surface area contributed by atoms with Gasteiger partial charge in [-0.05, 0) is 24.3 Å². The number of benzene rings is 2. The lowest BCUT2D eigenvalue weighted by molar-refractivity contribution is -0.150. The lowest BCUT2D eigenvalue weighted by Crippen LogP contribution is -2.44. The normalized spacial score (nSPS) is 12.4. The van der Waals surface area contributed by atoms with E-state index in [0.29, 0.717) is 36.1 Å². The van der Waals surface area contributed by atoms with Crippen LogP contribution in [0.3, 0.4) is 0 Å². The standard InChI is InChI=1S/C48H70N6O6/c1-4-5-6-7-8-9-10-11-12-13-14-15-16-17-24-29-42(56)59-35-39(30-31-58-47(57)43(37(2)3)50-32-41(55)40-27-22-19-23-28-40)33-54-36-51-44-45(54)52-48(49)53-46(44)60-34-38-25-20-18-21-26-38/h18-23,25-28,36-37,39,43,50H,4-17,24,29-35H2,1-3H3,(H2,49,52,53)/t39-,43-/m1/s1. The van der Waals surface area contributed by atoms with Crippen LogP contribution in [-0.2, 0) is 32.2 Å². The summed E-state index contributed by atoms with van der Waals surface area (Å²) in [5.41, 5.74) is 8.63. The number of imidazole rings is 1. The molecule has 0 aliphatic heterocycles. The van der Waals surface area contributed by atoms with Crippen molar-refractivity contribution in [3.63, 3.8) is 0 Å². The second-order valence-electron chi connectivity index (χ2n) is 16.3. The van der Waals surface area contributed by atoms with E-state index in [1.165, 1.54) is 77.0 Å². The fraction of sp³-hybridized carbons (Fsp3) is 0.583. The molecule has 0 unspecified atom stereocenters. The first-order valence-corrected chi connectivity index (χ1v) is 22.5. The zero-order valence-electron chi connectivity index (χ0n) is 36.5. The van der Waals surface area contributed by atoms with Gasteiger partial charge in [0.2, 0.25) is 11.8 Å². The first-order chi connectivity index (χ1) is 29.2. The molecule has 12 nitrogen and oxygen atoms in total. The topological polar surface area (TPSA) is 161 Å². The zero-order valence-corrected chi connectivity index (χ0v) is 36.5. The Kier molecular flexibility index (Phi) is 22.2. The monoisotopic (exact) mass is 827 g/mol. The van der Waals surface area contributed by atoms with Crippen molar-refractivity contribution in [3.8, 4) is 5.88 Å². The average molecular weight is 827 g/mol.